The molecule has 4 nitrogen and oxygen atoms in total. The Labute approximate surface area is 140 Å². The average molecular weight is 358 g/mol. The molecule has 0 heterocycles. The lowest BCUT2D eigenvalue weighted by Crippen LogP contribution is -2.31. The highest BCUT2D eigenvalue weighted by atomic mass is 35.5. The number of rotatable bonds is 5. The van der Waals surface area contributed by atoms with E-state index >= 15 is 0 Å². The van der Waals surface area contributed by atoms with Crippen molar-refractivity contribution >= 4 is 27.3 Å². The molecule has 2 rings (SSSR count). The van der Waals surface area contributed by atoms with Gasteiger partial charge < -0.3 is 4.74 Å². The van der Waals surface area contributed by atoms with Crippen LogP contribution in [0.1, 0.15) is 12.5 Å². The van der Waals surface area contributed by atoms with Crippen LogP contribution in [0.25, 0.3) is 0 Å². The van der Waals surface area contributed by atoms with Gasteiger partial charge in [0.2, 0.25) is 0 Å². The molecule has 23 heavy (non-hydrogen) atoms. The first-order valence-electron chi connectivity index (χ1n) is 6.93. The van der Waals surface area contributed by atoms with Crippen LogP contribution in [0.15, 0.2) is 41.3 Å². The molecule has 0 radical (unpaired) electrons. The maximum Gasteiger partial charge on any atom is 0.264 e. The lowest BCUT2D eigenvalue weighted by Gasteiger charge is -2.25. The molecule has 0 fully saturated rings. The molecule has 0 bridgehead atoms. The highest BCUT2D eigenvalue weighted by molar-refractivity contribution is 7.92. The van der Waals surface area contributed by atoms with Crippen molar-refractivity contribution in [3.8, 4) is 5.75 Å². The molecular weight excluding hydrogens is 341 g/mol. The molecule has 0 saturated heterocycles. The second kappa shape index (κ2) is 6.76. The molecule has 0 saturated carbocycles. The van der Waals surface area contributed by atoms with Gasteiger partial charge in [-0.15, -0.1) is 0 Å². The summed E-state index contributed by atoms with van der Waals surface area (Å²) < 4.78 is 45.6. The van der Waals surface area contributed by atoms with Crippen LogP contribution in [0.4, 0.5) is 10.1 Å². The Morgan fingerprint density at radius 1 is 1.22 bits per heavy atom. The van der Waals surface area contributed by atoms with Crippen LogP contribution < -0.4 is 9.04 Å². The molecule has 0 aliphatic rings. The van der Waals surface area contributed by atoms with E-state index in [1.165, 1.54) is 23.5 Å². The summed E-state index contributed by atoms with van der Waals surface area (Å²) in [6, 6.07) is 8.58. The number of sulfonamides is 1. The molecule has 0 aromatic heterocycles. The van der Waals surface area contributed by atoms with E-state index in [0.29, 0.717) is 10.7 Å². The minimum Gasteiger partial charge on any atom is -0.494 e. The zero-order chi connectivity index (χ0) is 17.2. The minimum absolute atomic E-state index is 0.00839. The van der Waals surface area contributed by atoms with Gasteiger partial charge >= 0.3 is 0 Å². The van der Waals surface area contributed by atoms with Gasteiger partial charge in [-0.3, -0.25) is 4.31 Å². The molecule has 0 N–H and O–H groups in total. The third-order valence-electron chi connectivity index (χ3n) is 3.44. The van der Waals surface area contributed by atoms with Crippen LogP contribution in [0, 0.1) is 12.7 Å². The van der Waals surface area contributed by atoms with E-state index in [2.05, 4.69) is 0 Å². The first-order valence-corrected chi connectivity index (χ1v) is 8.75. The molecule has 0 amide bonds. The van der Waals surface area contributed by atoms with E-state index in [1.807, 2.05) is 0 Å². The zero-order valence-corrected chi connectivity index (χ0v) is 14.6. The largest absolute Gasteiger partial charge is 0.494 e. The Kier molecular flexibility index (Phi) is 5.16. The van der Waals surface area contributed by atoms with Crippen LogP contribution in [0.3, 0.4) is 0 Å². The van der Waals surface area contributed by atoms with E-state index in [0.717, 1.165) is 11.6 Å². The quantitative estimate of drug-likeness (QED) is 0.812. The first-order chi connectivity index (χ1) is 10.8. The van der Waals surface area contributed by atoms with Crippen molar-refractivity contribution < 1.29 is 17.5 Å². The molecule has 7 heteroatoms. The predicted molar refractivity (Wildman–Crippen MR) is 89.3 cm³/mol. The molecule has 124 valence electrons. The van der Waals surface area contributed by atoms with Gasteiger partial charge in [0.1, 0.15) is 0 Å². The molecular formula is C16H17ClFNO3S. The topological polar surface area (TPSA) is 46.6 Å². The number of halogens is 2. The third-order valence-corrected chi connectivity index (χ3v) is 5.56. The Morgan fingerprint density at radius 2 is 1.91 bits per heavy atom. The minimum atomic E-state index is -3.91. The van der Waals surface area contributed by atoms with Crippen molar-refractivity contribution in [1.29, 1.82) is 0 Å². The van der Waals surface area contributed by atoms with Crippen molar-refractivity contribution in [3.63, 3.8) is 0 Å². The van der Waals surface area contributed by atoms with Crippen molar-refractivity contribution in [2.75, 3.05) is 18.0 Å². The SMILES string of the molecule is CCN(c1cc(Cl)ccc1C)S(=O)(=O)c1ccc(OC)c(F)c1. The van der Waals surface area contributed by atoms with E-state index in [1.54, 1.807) is 32.0 Å². The highest BCUT2D eigenvalue weighted by Gasteiger charge is 2.26. The maximum absolute atomic E-state index is 13.9. The number of aryl methyl sites for hydroxylation is 1. The number of benzene rings is 2. The van der Waals surface area contributed by atoms with E-state index in [4.69, 9.17) is 16.3 Å². The standard InChI is InChI=1S/C16H17ClFNO3S/c1-4-19(15-9-12(17)6-5-11(15)2)23(20,21)13-7-8-16(22-3)14(18)10-13/h5-10H,4H2,1-3H3. The summed E-state index contributed by atoms with van der Waals surface area (Å²) in [7, 11) is -2.59. The fraction of sp³-hybridized carbons (Fsp3) is 0.250. The van der Waals surface area contributed by atoms with Gasteiger partial charge in [0.15, 0.2) is 11.6 Å². The van der Waals surface area contributed by atoms with Gasteiger partial charge in [0, 0.05) is 11.6 Å². The van der Waals surface area contributed by atoms with Gasteiger partial charge in [0.05, 0.1) is 17.7 Å². The second-order valence-corrected chi connectivity index (χ2v) is 7.20. The molecule has 0 atom stereocenters. The monoisotopic (exact) mass is 357 g/mol. The maximum atomic E-state index is 13.9. The van der Waals surface area contributed by atoms with Crippen molar-refractivity contribution in [2.45, 2.75) is 18.7 Å². The van der Waals surface area contributed by atoms with E-state index in [9.17, 15) is 12.8 Å². The lowest BCUT2D eigenvalue weighted by molar-refractivity contribution is 0.385. The number of hydrogen-bond acceptors (Lipinski definition) is 3. The number of anilines is 1. The summed E-state index contributed by atoms with van der Waals surface area (Å²) in [5, 5.41) is 0.431. The van der Waals surface area contributed by atoms with E-state index < -0.39 is 15.8 Å². The summed E-state index contributed by atoms with van der Waals surface area (Å²) in [6.07, 6.45) is 0. The Balaban J connectivity index is 2.55. The fourth-order valence-corrected chi connectivity index (χ4v) is 3.96. The highest BCUT2D eigenvalue weighted by Crippen LogP contribution is 2.30. The lowest BCUT2D eigenvalue weighted by atomic mass is 10.2. The predicted octanol–water partition coefficient (Wildman–Crippen LogP) is 4.01. The molecule has 0 aliphatic heterocycles. The summed E-state index contributed by atoms with van der Waals surface area (Å²) in [6.45, 7) is 3.69. The van der Waals surface area contributed by atoms with Gasteiger partial charge in [-0.2, -0.15) is 0 Å². The van der Waals surface area contributed by atoms with Crippen LogP contribution in [-0.2, 0) is 10.0 Å². The molecule has 0 unspecified atom stereocenters. The molecule has 0 spiro atoms. The normalized spacial score (nSPS) is 11.3. The summed E-state index contributed by atoms with van der Waals surface area (Å²) >= 11 is 5.98. The van der Waals surface area contributed by atoms with Crippen LogP contribution in [-0.4, -0.2) is 22.1 Å². The van der Waals surface area contributed by atoms with Crippen molar-refractivity contribution in [3.05, 3.63) is 52.8 Å². The average Bonchev–Trinajstić information content (AvgIpc) is 2.51. The van der Waals surface area contributed by atoms with Gasteiger partial charge in [-0.1, -0.05) is 17.7 Å². The molecule has 2 aromatic carbocycles. The smallest absolute Gasteiger partial charge is 0.264 e. The second-order valence-electron chi connectivity index (χ2n) is 4.90. The number of ether oxygens (including phenoxy) is 1. The van der Waals surface area contributed by atoms with Crippen molar-refractivity contribution in [1.82, 2.24) is 0 Å². The summed E-state index contributed by atoms with van der Waals surface area (Å²) in [5.74, 6) is -0.738. The summed E-state index contributed by atoms with van der Waals surface area (Å²) in [4.78, 5) is -0.142. The van der Waals surface area contributed by atoms with Gasteiger partial charge in [-0.25, -0.2) is 12.8 Å². The van der Waals surface area contributed by atoms with Crippen LogP contribution in [0.2, 0.25) is 5.02 Å². The number of nitrogens with zero attached hydrogens (tertiary/aromatic N) is 1. The molecule has 0 aliphatic carbocycles. The Morgan fingerprint density at radius 3 is 2.48 bits per heavy atom. The number of methoxy groups -OCH3 is 1. The van der Waals surface area contributed by atoms with E-state index in [-0.39, 0.29) is 17.2 Å². The van der Waals surface area contributed by atoms with Crippen molar-refractivity contribution in [2.24, 2.45) is 0 Å². The van der Waals surface area contributed by atoms with Crippen LogP contribution >= 0.6 is 11.6 Å². The zero-order valence-electron chi connectivity index (χ0n) is 13.0. The Bertz CT molecular complexity index is 824. The van der Waals surface area contributed by atoms with Gasteiger partial charge in [0.25, 0.3) is 10.0 Å². The number of hydrogen-bond donors (Lipinski definition) is 0. The third kappa shape index (κ3) is 3.43. The first kappa shape index (κ1) is 17.6. The fourth-order valence-electron chi connectivity index (χ4n) is 2.26. The van der Waals surface area contributed by atoms with Gasteiger partial charge in [-0.05, 0) is 49.7 Å². The summed E-state index contributed by atoms with van der Waals surface area (Å²) in [5.41, 5.74) is 1.23. The molecule has 2 aromatic rings. The Hall–Kier alpha value is -1.79. The van der Waals surface area contributed by atoms with Crippen LogP contribution in [0.5, 0.6) is 5.75 Å².